The molecule has 0 spiro atoms. The Morgan fingerprint density at radius 2 is 1.32 bits per heavy atom. The molecule has 6 rings (SSSR count). The number of hydrogen-bond donors (Lipinski definition) is 6. The SMILES string of the molecule is CCN(c1cccc(S(=O)(=O)CC)c1)c1nc(Cl)nc(Nc2ccc(S(=O)(=O)O)c(N=Nc3c(NCS(=O)(=O)O)ccc4c(O)c(N=Nc5ccc(S(=O)(=O)CC)cc5O)ccc34)c2)n1. The third-order valence-electron chi connectivity index (χ3n) is 9.29. The lowest BCUT2D eigenvalue weighted by atomic mass is 10.1. The third-order valence-corrected chi connectivity index (χ3v) is 14.3. The highest BCUT2D eigenvalue weighted by atomic mass is 35.5. The summed E-state index contributed by atoms with van der Waals surface area (Å²) in [5.74, 6) is -2.46. The number of rotatable bonds is 17. The van der Waals surface area contributed by atoms with Crippen LogP contribution in [0.25, 0.3) is 10.8 Å². The number of halogens is 1. The van der Waals surface area contributed by atoms with E-state index in [1.54, 1.807) is 24.0 Å². The zero-order valence-electron chi connectivity index (χ0n) is 34.1. The van der Waals surface area contributed by atoms with Gasteiger partial charge in [-0.25, -0.2) is 16.8 Å². The molecule has 1 aromatic heterocycles. The normalized spacial score (nSPS) is 12.6. The fraction of sp³-hybridized carbons (Fsp3) is 0.184. The van der Waals surface area contributed by atoms with Crippen molar-refractivity contribution in [2.45, 2.75) is 35.5 Å². The van der Waals surface area contributed by atoms with Crippen LogP contribution in [-0.2, 0) is 39.9 Å². The highest BCUT2D eigenvalue weighted by Crippen LogP contribution is 2.44. The lowest BCUT2D eigenvalue weighted by Crippen LogP contribution is -2.20. The van der Waals surface area contributed by atoms with Crippen LogP contribution in [0.3, 0.4) is 0 Å². The summed E-state index contributed by atoms with van der Waals surface area (Å²) >= 11 is 6.29. The average molecular weight is 989 g/mol. The molecule has 0 saturated carbocycles. The second kappa shape index (κ2) is 19.0. The fourth-order valence-electron chi connectivity index (χ4n) is 6.01. The number of aromatic nitrogens is 3. The number of fused-ring (bicyclic) bond motifs is 1. The van der Waals surface area contributed by atoms with Crippen LogP contribution in [0.1, 0.15) is 20.8 Å². The van der Waals surface area contributed by atoms with E-state index >= 15 is 0 Å². The van der Waals surface area contributed by atoms with E-state index in [-0.39, 0.29) is 84.2 Å². The second-order valence-corrected chi connectivity index (χ2v) is 21.2. The Bertz CT molecular complexity index is 3360. The van der Waals surface area contributed by atoms with Crippen LogP contribution >= 0.6 is 11.6 Å². The molecule has 0 fully saturated rings. The Hall–Kier alpha value is -6.42. The number of hydrogen-bond acceptors (Lipinski definition) is 20. The summed E-state index contributed by atoms with van der Waals surface area (Å²) in [7, 11) is -16.8. The maximum Gasteiger partial charge on any atom is 0.296 e. The van der Waals surface area contributed by atoms with E-state index in [1.807, 2.05) is 0 Å². The van der Waals surface area contributed by atoms with Crippen molar-refractivity contribution < 1.29 is 53.0 Å². The Morgan fingerprint density at radius 1 is 0.677 bits per heavy atom. The van der Waals surface area contributed by atoms with Gasteiger partial charge in [-0.15, -0.1) is 20.5 Å². The van der Waals surface area contributed by atoms with E-state index in [1.165, 1.54) is 68.4 Å². The van der Waals surface area contributed by atoms with E-state index in [0.717, 1.165) is 18.2 Å². The van der Waals surface area contributed by atoms with Crippen molar-refractivity contribution in [2.75, 3.05) is 39.5 Å². The Labute approximate surface area is 377 Å². The molecule has 5 aromatic carbocycles. The maximum atomic E-state index is 12.6. The van der Waals surface area contributed by atoms with Gasteiger partial charge in [-0.3, -0.25) is 9.11 Å². The Balaban J connectivity index is 1.39. The van der Waals surface area contributed by atoms with Crippen LogP contribution < -0.4 is 15.5 Å². The number of phenols is 2. The standard InChI is InChI=1S/C38H37ClN10O12S4/c1-4-49(23-8-7-9-24(19-23)62(52,53)5-2)38-43-36(39)42-37(44-38)41-22-10-17-33(65(59,60)61)31(18-22)47-48-34-26-12-16-30(35(51)27(26)13-15-29(34)40-21-64(56,57)58)46-45-28-14-11-25(20-32(28)50)63(54,55)6-3/h7-20,40,50-51H,4-6,21H2,1-3H3,(H,56,57,58)(H,59,60,61)(H,41,42,43,44). The molecule has 1 heterocycles. The van der Waals surface area contributed by atoms with E-state index in [4.69, 9.17) is 11.6 Å². The number of azo groups is 2. The van der Waals surface area contributed by atoms with Crippen molar-refractivity contribution in [3.63, 3.8) is 0 Å². The van der Waals surface area contributed by atoms with E-state index in [0.29, 0.717) is 5.69 Å². The molecule has 0 amide bonds. The molecule has 65 heavy (non-hydrogen) atoms. The largest absolute Gasteiger partial charge is 0.506 e. The Kier molecular flexibility index (Phi) is 14.0. The molecule has 342 valence electrons. The molecule has 6 N–H and O–H groups in total. The first-order valence-corrected chi connectivity index (χ1v) is 25.5. The van der Waals surface area contributed by atoms with Crippen LogP contribution in [0.2, 0.25) is 5.28 Å². The number of anilines is 5. The first-order valence-electron chi connectivity index (χ1n) is 18.8. The van der Waals surface area contributed by atoms with Gasteiger partial charge in [0, 0.05) is 34.8 Å². The van der Waals surface area contributed by atoms with Crippen LogP contribution in [0.4, 0.5) is 51.7 Å². The predicted molar refractivity (Wildman–Crippen MR) is 241 cm³/mol. The minimum atomic E-state index is -4.97. The summed E-state index contributed by atoms with van der Waals surface area (Å²) < 4.78 is 118. The van der Waals surface area contributed by atoms with Crippen LogP contribution in [0.15, 0.2) is 120 Å². The summed E-state index contributed by atoms with van der Waals surface area (Å²) in [6.45, 7) is 4.99. The van der Waals surface area contributed by atoms with E-state index < -0.39 is 67.9 Å². The van der Waals surface area contributed by atoms with E-state index in [2.05, 4.69) is 46.0 Å². The monoisotopic (exact) mass is 988 g/mol. The molecule has 27 heteroatoms. The van der Waals surface area contributed by atoms with Crippen molar-refractivity contribution in [3.05, 3.63) is 90.2 Å². The van der Waals surface area contributed by atoms with Gasteiger partial charge in [0.1, 0.15) is 39.3 Å². The van der Waals surface area contributed by atoms with Gasteiger partial charge in [-0.05, 0) is 91.3 Å². The van der Waals surface area contributed by atoms with Gasteiger partial charge in [0.05, 0.1) is 27.0 Å². The lowest BCUT2D eigenvalue weighted by Gasteiger charge is -2.22. The topological polar surface area (TPSA) is 333 Å². The summed E-state index contributed by atoms with van der Waals surface area (Å²) in [6, 6.07) is 18.2. The van der Waals surface area contributed by atoms with Crippen molar-refractivity contribution in [1.29, 1.82) is 0 Å². The van der Waals surface area contributed by atoms with Crippen LogP contribution in [0.5, 0.6) is 11.5 Å². The smallest absolute Gasteiger partial charge is 0.296 e. The highest BCUT2D eigenvalue weighted by Gasteiger charge is 2.22. The van der Waals surface area contributed by atoms with Crippen molar-refractivity contribution >= 4 is 114 Å². The number of nitrogens with one attached hydrogen (secondary N) is 2. The molecule has 0 aliphatic carbocycles. The lowest BCUT2D eigenvalue weighted by molar-refractivity contribution is 0.473. The van der Waals surface area contributed by atoms with Gasteiger partial charge in [0.15, 0.2) is 25.4 Å². The molecule has 0 saturated heterocycles. The summed E-state index contributed by atoms with van der Waals surface area (Å²) in [6.07, 6.45) is 0. The van der Waals surface area contributed by atoms with Gasteiger partial charge < -0.3 is 25.7 Å². The number of benzene rings is 5. The first kappa shape index (κ1) is 48.0. The van der Waals surface area contributed by atoms with Gasteiger partial charge >= 0.3 is 0 Å². The third kappa shape index (κ3) is 11.3. The van der Waals surface area contributed by atoms with Gasteiger partial charge in [-0.2, -0.15) is 31.8 Å². The molecule has 0 radical (unpaired) electrons. The molecular formula is C38H37ClN10O12S4. The van der Waals surface area contributed by atoms with E-state index in [9.17, 15) is 53.0 Å². The van der Waals surface area contributed by atoms with Gasteiger partial charge in [-0.1, -0.05) is 19.9 Å². The summed E-state index contributed by atoms with van der Waals surface area (Å²) in [5, 5.41) is 43.1. The van der Waals surface area contributed by atoms with Gasteiger partial charge in [0.25, 0.3) is 20.2 Å². The molecule has 0 bridgehead atoms. The molecular weight excluding hydrogens is 952 g/mol. The highest BCUT2D eigenvalue weighted by molar-refractivity contribution is 7.91. The minimum absolute atomic E-state index is 0.0149. The van der Waals surface area contributed by atoms with Crippen LogP contribution in [0, 0.1) is 0 Å². The molecule has 22 nitrogen and oxygen atoms in total. The quantitative estimate of drug-likeness (QED) is 0.0373. The van der Waals surface area contributed by atoms with Crippen molar-refractivity contribution in [1.82, 2.24) is 15.0 Å². The summed E-state index contributed by atoms with van der Waals surface area (Å²) in [4.78, 5) is 13.5. The molecule has 6 aromatic rings. The fourth-order valence-corrected chi connectivity index (χ4v) is 8.93. The number of aromatic hydroxyl groups is 2. The maximum absolute atomic E-state index is 12.6. The second-order valence-electron chi connectivity index (χ2n) is 13.5. The van der Waals surface area contributed by atoms with Gasteiger partial charge in [0.2, 0.25) is 17.2 Å². The Morgan fingerprint density at radius 3 is 1.97 bits per heavy atom. The predicted octanol–water partition coefficient (Wildman–Crippen LogP) is 7.91. The molecule has 0 unspecified atom stereocenters. The number of phenolic OH excluding ortho intramolecular Hbond substituents is 2. The minimum Gasteiger partial charge on any atom is -0.506 e. The molecule has 0 atom stereocenters. The van der Waals surface area contributed by atoms with Crippen LogP contribution in [-0.4, -0.2) is 91.9 Å². The molecule has 0 aliphatic heterocycles. The first-order chi connectivity index (χ1) is 30.5. The van der Waals surface area contributed by atoms with Crippen molar-refractivity contribution in [3.8, 4) is 11.5 Å². The zero-order chi connectivity index (χ0) is 47.5. The molecule has 0 aliphatic rings. The number of nitrogens with zero attached hydrogens (tertiary/aromatic N) is 8. The zero-order valence-corrected chi connectivity index (χ0v) is 38.1. The average Bonchev–Trinajstić information content (AvgIpc) is 3.24. The van der Waals surface area contributed by atoms with Crippen molar-refractivity contribution in [2.24, 2.45) is 20.5 Å². The number of sulfone groups is 2. The summed E-state index contributed by atoms with van der Waals surface area (Å²) in [5.41, 5.74) is -0.490.